The van der Waals surface area contributed by atoms with Crippen molar-refractivity contribution in [1.29, 1.82) is 0 Å². The third kappa shape index (κ3) is 7.34. The van der Waals surface area contributed by atoms with E-state index in [1.54, 1.807) is 91.0 Å². The van der Waals surface area contributed by atoms with Crippen LogP contribution in [0.4, 0.5) is 5.82 Å². The van der Waals surface area contributed by atoms with Gasteiger partial charge in [-0.25, -0.2) is 4.79 Å². The lowest BCUT2D eigenvalue weighted by Gasteiger charge is -2.41. The van der Waals surface area contributed by atoms with Crippen molar-refractivity contribution in [2.24, 2.45) is 0 Å². The first-order valence-electron chi connectivity index (χ1n) is 14.7. The van der Waals surface area contributed by atoms with Crippen molar-refractivity contribution < 1.29 is 50.4 Å². The van der Waals surface area contributed by atoms with Crippen molar-refractivity contribution in [1.82, 2.24) is 9.55 Å². The van der Waals surface area contributed by atoms with E-state index in [4.69, 9.17) is 9.47 Å². The van der Waals surface area contributed by atoms with Crippen LogP contribution in [0.1, 0.15) is 29.8 Å². The maximum absolute atomic E-state index is 13.2. The van der Waals surface area contributed by atoms with Gasteiger partial charge in [0, 0.05) is 13.1 Å². The number of carbonyl (C=O) groups is 1. The van der Waals surface area contributed by atoms with E-state index in [1.807, 2.05) is 0 Å². The van der Waals surface area contributed by atoms with Gasteiger partial charge < -0.3 is 25.0 Å². The van der Waals surface area contributed by atoms with Gasteiger partial charge in [-0.15, -0.1) is 0 Å². The lowest BCUT2D eigenvalue weighted by molar-refractivity contribution is -0.138. The lowest BCUT2D eigenvalue weighted by atomic mass is 9.79. The quantitative estimate of drug-likeness (QED) is 0.103. The number of hydrogen-bond donors (Lipinski definition) is 5. The Morgan fingerprint density at radius 2 is 1.29 bits per heavy atom. The maximum Gasteiger partial charge on any atom is 0.351 e. The molecule has 49 heavy (non-hydrogen) atoms. The first-order valence-corrected chi connectivity index (χ1v) is 17.9. The molecule has 1 aliphatic heterocycles. The highest BCUT2D eigenvalue weighted by Gasteiger charge is 2.69. The molecule has 0 unspecified atom stereocenters. The van der Waals surface area contributed by atoms with Crippen molar-refractivity contribution in [3.05, 3.63) is 130 Å². The molecule has 1 amide bonds. The van der Waals surface area contributed by atoms with E-state index in [0.717, 1.165) is 19.2 Å². The van der Waals surface area contributed by atoms with Crippen molar-refractivity contribution in [3.8, 4) is 0 Å². The summed E-state index contributed by atoms with van der Waals surface area (Å²) in [6, 6.07) is 27.5. The van der Waals surface area contributed by atoms with E-state index in [0.29, 0.717) is 21.3 Å². The molecular weight excluding hydrogens is 682 g/mol. The number of ether oxygens (including phenoxy) is 2. The Labute approximate surface area is 281 Å². The van der Waals surface area contributed by atoms with E-state index in [1.165, 1.54) is 0 Å². The normalized spacial score (nSPS) is 22.9. The maximum atomic E-state index is 13.2. The molecule has 1 aromatic heterocycles. The molecule has 0 saturated carbocycles. The minimum atomic E-state index is -5.27. The second-order valence-corrected chi connectivity index (χ2v) is 14.5. The molecule has 260 valence electrons. The molecular formula is C32H33N3O12S2. The molecule has 0 radical (unpaired) electrons. The first-order chi connectivity index (χ1) is 23.0. The van der Waals surface area contributed by atoms with E-state index < -0.39 is 79.1 Å². The number of nitrogens with zero attached hydrogens (tertiary/aromatic N) is 2. The Bertz CT molecular complexity index is 1990. The Morgan fingerprint density at radius 1 is 0.837 bits per heavy atom. The second kappa shape index (κ2) is 13.5. The number of aliphatic hydroxyl groups is 2. The number of rotatable bonds is 12. The number of carbonyl (C=O) groups excluding carboxylic acids is 1. The number of amides is 1. The van der Waals surface area contributed by atoms with Gasteiger partial charge in [0.25, 0.3) is 20.2 Å². The zero-order valence-corrected chi connectivity index (χ0v) is 27.5. The minimum absolute atomic E-state index is 0.225. The molecule has 15 nitrogen and oxygen atoms in total. The monoisotopic (exact) mass is 715 g/mol. The predicted molar refractivity (Wildman–Crippen MR) is 175 cm³/mol. The van der Waals surface area contributed by atoms with E-state index in [9.17, 15) is 45.7 Å². The van der Waals surface area contributed by atoms with Crippen molar-refractivity contribution in [2.45, 2.75) is 36.1 Å². The molecule has 1 saturated heterocycles. The van der Waals surface area contributed by atoms with Crippen LogP contribution in [0.15, 0.2) is 108 Å². The lowest BCUT2D eigenvalue weighted by Crippen LogP contribution is -2.65. The summed E-state index contributed by atoms with van der Waals surface area (Å²) in [5.41, 5.74) is -7.60. The third-order valence-electron chi connectivity index (χ3n) is 8.17. The minimum Gasteiger partial charge on any atom is -0.383 e. The SMILES string of the molecule is CC(=O)Nc1ccn([C@@H]2O[C@H](COC(c3ccccc3)(c3ccccc3)c3ccccc3)[C@](O)(CS(=O)(=O)O)[C@]2(O)CS(=O)(=O)O)c(=O)n1. The van der Waals surface area contributed by atoms with Gasteiger partial charge in [-0.05, 0) is 22.8 Å². The van der Waals surface area contributed by atoms with Crippen molar-refractivity contribution in [2.75, 3.05) is 23.4 Å². The Kier molecular flexibility index (Phi) is 9.93. The van der Waals surface area contributed by atoms with Crippen molar-refractivity contribution >= 4 is 32.0 Å². The second-order valence-electron chi connectivity index (χ2n) is 11.6. The average molecular weight is 716 g/mol. The molecule has 1 fully saturated rings. The third-order valence-corrected chi connectivity index (χ3v) is 9.78. The summed E-state index contributed by atoms with van der Waals surface area (Å²) in [7, 11) is -10.5. The van der Waals surface area contributed by atoms with Crippen LogP contribution in [0, 0.1) is 0 Å². The van der Waals surface area contributed by atoms with Crippen LogP contribution in [0.25, 0.3) is 0 Å². The number of benzene rings is 3. The summed E-state index contributed by atoms with van der Waals surface area (Å²) < 4.78 is 82.3. The van der Waals surface area contributed by atoms with E-state index in [-0.39, 0.29) is 5.82 Å². The van der Waals surface area contributed by atoms with Gasteiger partial charge in [0.2, 0.25) is 5.91 Å². The first kappa shape index (κ1) is 36.0. The van der Waals surface area contributed by atoms with Gasteiger partial charge in [0.15, 0.2) is 11.8 Å². The number of hydrogen-bond acceptors (Lipinski definition) is 11. The van der Waals surface area contributed by atoms with Crippen LogP contribution < -0.4 is 11.0 Å². The largest absolute Gasteiger partial charge is 0.383 e. The van der Waals surface area contributed by atoms with Crippen LogP contribution in [0.5, 0.6) is 0 Å². The highest BCUT2D eigenvalue weighted by atomic mass is 32.2. The Hall–Kier alpha value is -4.33. The van der Waals surface area contributed by atoms with Gasteiger partial charge in [0.1, 0.15) is 34.6 Å². The fourth-order valence-electron chi connectivity index (χ4n) is 6.13. The van der Waals surface area contributed by atoms with Crippen LogP contribution in [0.2, 0.25) is 0 Å². The predicted octanol–water partition coefficient (Wildman–Crippen LogP) is 1.35. The van der Waals surface area contributed by atoms with E-state index >= 15 is 0 Å². The zero-order valence-electron chi connectivity index (χ0n) is 25.9. The standard InChI is InChI=1S/C32H33N3O12S2/c1-22(36)33-27-17-18-35(29(37)34-27)28-31(39,21-49(43,44)45)30(38,20-48(40,41)42)26(47-28)19-46-32(23-11-5-2-6-12-23,24-13-7-3-8-14-24)25-15-9-4-10-16-25/h2-18,26,28,38-39H,19-21H2,1H3,(H,40,41,42)(H,43,44,45)(H,33,34,36,37)/t26-,28-,30-,31+/m1/s1. The fraction of sp³-hybridized carbons (Fsp3) is 0.281. The Morgan fingerprint density at radius 3 is 1.69 bits per heavy atom. The topological polar surface area (TPSA) is 232 Å². The van der Waals surface area contributed by atoms with Gasteiger partial charge in [-0.2, -0.15) is 21.8 Å². The van der Waals surface area contributed by atoms with Gasteiger partial charge in [-0.3, -0.25) is 18.5 Å². The molecule has 4 aromatic rings. The molecule has 0 aliphatic carbocycles. The average Bonchev–Trinajstić information content (AvgIpc) is 3.21. The molecule has 0 spiro atoms. The van der Waals surface area contributed by atoms with Crippen molar-refractivity contribution in [3.63, 3.8) is 0 Å². The zero-order chi connectivity index (χ0) is 35.7. The van der Waals surface area contributed by atoms with Crippen LogP contribution >= 0.6 is 0 Å². The summed E-state index contributed by atoms with van der Waals surface area (Å²) in [4.78, 5) is 28.3. The molecule has 3 aromatic carbocycles. The van der Waals surface area contributed by atoms with E-state index in [2.05, 4.69) is 10.3 Å². The molecule has 5 rings (SSSR count). The number of nitrogens with one attached hydrogen (secondary N) is 1. The van der Waals surface area contributed by atoms with Crippen LogP contribution in [0.3, 0.4) is 0 Å². The van der Waals surface area contributed by atoms with Gasteiger partial charge in [-0.1, -0.05) is 91.0 Å². The molecule has 1 aliphatic rings. The molecule has 0 bridgehead atoms. The summed E-state index contributed by atoms with van der Waals surface area (Å²) in [6.45, 7) is 0.361. The Balaban J connectivity index is 1.70. The summed E-state index contributed by atoms with van der Waals surface area (Å²) in [6.07, 6.45) is -3.29. The number of aromatic nitrogens is 2. The van der Waals surface area contributed by atoms with Crippen LogP contribution in [-0.4, -0.2) is 87.0 Å². The molecule has 2 heterocycles. The van der Waals surface area contributed by atoms with Crippen LogP contribution in [-0.2, 0) is 40.1 Å². The summed E-state index contributed by atoms with van der Waals surface area (Å²) in [5, 5.41) is 26.4. The summed E-state index contributed by atoms with van der Waals surface area (Å²) in [5.74, 6) is -4.27. The smallest absolute Gasteiger partial charge is 0.351 e. The highest BCUT2D eigenvalue weighted by Crippen LogP contribution is 2.49. The number of anilines is 1. The molecule has 5 N–H and O–H groups in total. The molecule has 4 atom stereocenters. The van der Waals surface area contributed by atoms with Gasteiger partial charge >= 0.3 is 5.69 Å². The highest BCUT2D eigenvalue weighted by molar-refractivity contribution is 7.86. The summed E-state index contributed by atoms with van der Waals surface area (Å²) >= 11 is 0. The molecule has 17 heteroatoms. The fourth-order valence-corrected chi connectivity index (χ4v) is 8.07. The van der Waals surface area contributed by atoms with Gasteiger partial charge in [0.05, 0.1) is 6.61 Å².